The van der Waals surface area contributed by atoms with Gasteiger partial charge in [0.1, 0.15) is 0 Å². The van der Waals surface area contributed by atoms with Crippen molar-refractivity contribution in [1.82, 2.24) is 9.80 Å². The largest absolute Gasteiger partial charge is 0.344 e. The van der Waals surface area contributed by atoms with Gasteiger partial charge in [-0.3, -0.25) is 4.79 Å². The summed E-state index contributed by atoms with van der Waals surface area (Å²) in [7, 11) is 5.94. The van der Waals surface area contributed by atoms with Crippen molar-refractivity contribution in [2.75, 3.05) is 40.8 Å². The molecule has 114 valence electrons. The van der Waals surface area contributed by atoms with Crippen molar-refractivity contribution in [2.45, 2.75) is 40.0 Å². The van der Waals surface area contributed by atoms with Gasteiger partial charge < -0.3 is 15.5 Å². The monoisotopic (exact) mass is 271 g/mol. The summed E-state index contributed by atoms with van der Waals surface area (Å²) in [5.74, 6) is 0.761. The molecule has 0 aromatic carbocycles. The molecule has 0 aliphatic heterocycles. The Balaban J connectivity index is 4.17. The van der Waals surface area contributed by atoms with E-state index in [2.05, 4.69) is 25.7 Å². The van der Waals surface area contributed by atoms with Crippen molar-refractivity contribution < 1.29 is 4.79 Å². The molecule has 0 bridgehead atoms. The molecular formula is C15H33N3O. The van der Waals surface area contributed by atoms with E-state index in [1.54, 1.807) is 0 Å². The molecule has 0 aromatic heterocycles. The van der Waals surface area contributed by atoms with Gasteiger partial charge in [-0.15, -0.1) is 0 Å². The van der Waals surface area contributed by atoms with Gasteiger partial charge in [-0.2, -0.15) is 0 Å². The second kappa shape index (κ2) is 8.54. The molecule has 0 fully saturated rings. The summed E-state index contributed by atoms with van der Waals surface area (Å²) in [5, 5.41) is 0. The number of carbonyl (C=O) groups is 1. The normalized spacial score (nSPS) is 13.7. The summed E-state index contributed by atoms with van der Waals surface area (Å²) in [5.41, 5.74) is 5.90. The molecule has 1 unspecified atom stereocenters. The van der Waals surface area contributed by atoms with Gasteiger partial charge in [0.15, 0.2) is 0 Å². The van der Waals surface area contributed by atoms with Crippen LogP contribution in [-0.4, -0.2) is 56.5 Å². The Morgan fingerprint density at radius 1 is 1.11 bits per heavy atom. The summed E-state index contributed by atoms with van der Waals surface area (Å²) < 4.78 is 0. The Kier molecular flexibility index (Phi) is 8.26. The SMILES string of the molecule is CN(C)CCN(C)C(=O)CCC(CCN)C(C)(C)C. The molecule has 0 saturated heterocycles. The Hall–Kier alpha value is -0.610. The highest BCUT2D eigenvalue weighted by Crippen LogP contribution is 2.32. The number of amides is 1. The first kappa shape index (κ1) is 18.4. The van der Waals surface area contributed by atoms with E-state index >= 15 is 0 Å². The summed E-state index contributed by atoms with van der Waals surface area (Å²) in [4.78, 5) is 16.0. The number of nitrogens with zero attached hydrogens (tertiary/aromatic N) is 2. The minimum atomic E-state index is 0.224. The molecular weight excluding hydrogens is 238 g/mol. The van der Waals surface area contributed by atoms with Gasteiger partial charge in [0.25, 0.3) is 0 Å². The number of nitrogens with two attached hydrogens (primary N) is 1. The Morgan fingerprint density at radius 2 is 1.68 bits per heavy atom. The molecule has 0 saturated carbocycles. The highest BCUT2D eigenvalue weighted by molar-refractivity contribution is 5.75. The van der Waals surface area contributed by atoms with E-state index in [0.29, 0.717) is 18.9 Å². The third kappa shape index (κ3) is 8.22. The molecule has 1 amide bonds. The summed E-state index contributed by atoms with van der Waals surface area (Å²) in [6.45, 7) is 9.10. The lowest BCUT2D eigenvalue weighted by Gasteiger charge is -2.31. The number of hydrogen-bond donors (Lipinski definition) is 1. The van der Waals surface area contributed by atoms with Crippen LogP contribution in [0, 0.1) is 11.3 Å². The van der Waals surface area contributed by atoms with Gasteiger partial charge in [-0.1, -0.05) is 20.8 Å². The van der Waals surface area contributed by atoms with E-state index in [4.69, 9.17) is 5.73 Å². The van der Waals surface area contributed by atoms with Crippen molar-refractivity contribution in [3.05, 3.63) is 0 Å². The van der Waals surface area contributed by atoms with E-state index in [9.17, 15) is 4.79 Å². The van der Waals surface area contributed by atoms with Crippen molar-refractivity contribution in [2.24, 2.45) is 17.1 Å². The quantitative estimate of drug-likeness (QED) is 0.732. The van der Waals surface area contributed by atoms with Crippen LogP contribution < -0.4 is 5.73 Å². The van der Waals surface area contributed by atoms with Crippen LogP contribution in [0.1, 0.15) is 40.0 Å². The summed E-state index contributed by atoms with van der Waals surface area (Å²) >= 11 is 0. The van der Waals surface area contributed by atoms with Gasteiger partial charge >= 0.3 is 0 Å². The van der Waals surface area contributed by atoms with Crippen molar-refractivity contribution in [3.63, 3.8) is 0 Å². The smallest absolute Gasteiger partial charge is 0.222 e. The third-order valence-corrected chi connectivity index (χ3v) is 3.75. The molecule has 0 spiro atoms. The van der Waals surface area contributed by atoms with E-state index in [1.165, 1.54) is 0 Å². The van der Waals surface area contributed by atoms with Gasteiger partial charge in [-0.25, -0.2) is 0 Å². The maximum absolute atomic E-state index is 12.1. The Bertz CT molecular complexity index is 259. The summed E-state index contributed by atoms with van der Waals surface area (Å²) in [6, 6.07) is 0. The predicted molar refractivity (Wildman–Crippen MR) is 82.0 cm³/mol. The van der Waals surface area contributed by atoms with Crippen molar-refractivity contribution in [3.8, 4) is 0 Å². The highest BCUT2D eigenvalue weighted by Gasteiger charge is 2.24. The first-order chi connectivity index (χ1) is 8.68. The average Bonchev–Trinajstić information content (AvgIpc) is 2.29. The zero-order valence-corrected chi connectivity index (χ0v) is 13.7. The van der Waals surface area contributed by atoms with Crippen molar-refractivity contribution >= 4 is 5.91 Å². The molecule has 4 nitrogen and oxygen atoms in total. The number of likely N-dealkylation sites (N-methyl/N-ethyl adjacent to an activating group) is 2. The number of hydrogen-bond acceptors (Lipinski definition) is 3. The Morgan fingerprint density at radius 3 is 2.11 bits per heavy atom. The molecule has 1 atom stereocenters. The predicted octanol–water partition coefficient (Wildman–Crippen LogP) is 1.80. The highest BCUT2D eigenvalue weighted by atomic mass is 16.2. The van der Waals surface area contributed by atoms with Crippen LogP contribution in [0.2, 0.25) is 0 Å². The lowest BCUT2D eigenvalue weighted by atomic mass is 9.76. The molecule has 0 rings (SSSR count). The molecule has 19 heavy (non-hydrogen) atoms. The van der Waals surface area contributed by atoms with Crippen LogP contribution in [0.5, 0.6) is 0 Å². The van der Waals surface area contributed by atoms with Crippen LogP contribution in [-0.2, 0) is 4.79 Å². The molecule has 0 radical (unpaired) electrons. The molecule has 2 N–H and O–H groups in total. The molecule has 4 heteroatoms. The van der Waals surface area contributed by atoms with Crippen LogP contribution >= 0.6 is 0 Å². The molecule has 0 aliphatic rings. The lowest BCUT2D eigenvalue weighted by molar-refractivity contribution is -0.130. The fourth-order valence-electron chi connectivity index (χ4n) is 2.17. The zero-order valence-electron chi connectivity index (χ0n) is 13.7. The van der Waals surface area contributed by atoms with Crippen molar-refractivity contribution in [1.29, 1.82) is 0 Å². The van der Waals surface area contributed by atoms with Crippen LogP contribution in [0.4, 0.5) is 0 Å². The topological polar surface area (TPSA) is 49.6 Å². The standard InChI is InChI=1S/C15H33N3O/c1-15(2,3)13(9-10-16)7-8-14(19)18(6)12-11-17(4)5/h13H,7-12,16H2,1-6H3. The Labute approximate surface area is 119 Å². The van der Waals surface area contributed by atoms with Gasteiger partial charge in [0, 0.05) is 26.6 Å². The second-order valence-electron chi connectivity index (χ2n) is 6.80. The van der Waals surface area contributed by atoms with E-state index in [0.717, 1.165) is 25.9 Å². The molecule has 0 heterocycles. The van der Waals surface area contributed by atoms with E-state index in [-0.39, 0.29) is 11.3 Å². The van der Waals surface area contributed by atoms with Gasteiger partial charge in [0.05, 0.1) is 0 Å². The van der Waals surface area contributed by atoms with Crippen LogP contribution in [0.25, 0.3) is 0 Å². The van der Waals surface area contributed by atoms with Crippen LogP contribution in [0.3, 0.4) is 0 Å². The van der Waals surface area contributed by atoms with Crippen LogP contribution in [0.15, 0.2) is 0 Å². The van der Waals surface area contributed by atoms with Gasteiger partial charge in [-0.05, 0) is 44.8 Å². The minimum Gasteiger partial charge on any atom is -0.344 e. The third-order valence-electron chi connectivity index (χ3n) is 3.75. The lowest BCUT2D eigenvalue weighted by Crippen LogP contribution is -2.34. The second-order valence-corrected chi connectivity index (χ2v) is 6.80. The number of carbonyl (C=O) groups excluding carboxylic acids is 1. The maximum atomic E-state index is 12.1. The minimum absolute atomic E-state index is 0.224. The first-order valence-electron chi connectivity index (χ1n) is 7.27. The molecule has 0 aromatic rings. The maximum Gasteiger partial charge on any atom is 0.222 e. The zero-order chi connectivity index (χ0) is 15.1. The van der Waals surface area contributed by atoms with Gasteiger partial charge in [0.2, 0.25) is 5.91 Å². The number of rotatable bonds is 8. The fraction of sp³-hybridized carbons (Fsp3) is 0.933. The molecule has 0 aliphatic carbocycles. The van der Waals surface area contributed by atoms with E-state index in [1.807, 2.05) is 26.0 Å². The average molecular weight is 271 g/mol. The summed E-state index contributed by atoms with van der Waals surface area (Å²) in [6.07, 6.45) is 2.57. The van der Waals surface area contributed by atoms with E-state index < -0.39 is 0 Å². The fourth-order valence-corrected chi connectivity index (χ4v) is 2.17. The first-order valence-corrected chi connectivity index (χ1v) is 7.27.